The number of carbonyl (C=O) groups excluding carboxylic acids is 3. The largest absolute Gasteiger partial charge is 0.376 e. The lowest BCUT2D eigenvalue weighted by Gasteiger charge is -2.23. The van der Waals surface area contributed by atoms with Crippen LogP contribution in [0.2, 0.25) is 5.02 Å². The highest BCUT2D eigenvalue weighted by molar-refractivity contribution is 6.34. The molecule has 0 atom stereocenters. The first-order valence-corrected chi connectivity index (χ1v) is 12.9. The lowest BCUT2D eigenvalue weighted by Crippen LogP contribution is -2.36. The van der Waals surface area contributed by atoms with Gasteiger partial charge in [-0.15, -0.1) is 0 Å². The summed E-state index contributed by atoms with van der Waals surface area (Å²) in [6.07, 6.45) is 8.88. The predicted octanol–water partition coefficient (Wildman–Crippen LogP) is 5.97. The summed E-state index contributed by atoms with van der Waals surface area (Å²) < 4.78 is 0. The zero-order valence-corrected chi connectivity index (χ0v) is 21.0. The Morgan fingerprint density at radius 3 is 2.37 bits per heavy atom. The molecule has 1 aliphatic carbocycles. The lowest BCUT2D eigenvalue weighted by atomic mass is 9.95. The molecule has 2 aromatic rings. The highest BCUT2D eigenvalue weighted by Crippen LogP contribution is 2.23. The van der Waals surface area contributed by atoms with Crippen LogP contribution in [0, 0.1) is 0 Å². The Morgan fingerprint density at radius 2 is 1.60 bits per heavy atom. The van der Waals surface area contributed by atoms with E-state index in [4.69, 9.17) is 11.6 Å². The van der Waals surface area contributed by atoms with Crippen molar-refractivity contribution in [2.45, 2.75) is 70.8 Å². The second-order valence-corrected chi connectivity index (χ2v) is 9.40. The van der Waals surface area contributed by atoms with Crippen molar-refractivity contribution in [2.75, 3.05) is 22.5 Å². The minimum Gasteiger partial charge on any atom is -0.376 e. The molecule has 0 radical (unpaired) electrons. The average molecular weight is 499 g/mol. The van der Waals surface area contributed by atoms with Crippen LogP contribution in [0.5, 0.6) is 0 Å². The quantitative estimate of drug-likeness (QED) is 0.287. The Kier molecular flexibility index (Phi) is 10.4. The molecule has 35 heavy (non-hydrogen) atoms. The molecule has 0 heterocycles. The van der Waals surface area contributed by atoms with Crippen molar-refractivity contribution in [1.82, 2.24) is 5.32 Å². The molecule has 0 spiro atoms. The number of nitrogens with one attached hydrogen (secondary N) is 4. The van der Waals surface area contributed by atoms with Crippen molar-refractivity contribution in [3.63, 3.8) is 0 Å². The van der Waals surface area contributed by atoms with E-state index in [9.17, 15) is 14.4 Å². The smallest absolute Gasteiger partial charge is 0.253 e. The standard InChI is InChI=1S/C27H35ClN4O3/c1-2-3-5-13-25(33)30-21-12-8-11-20(16-21)29-18-26(34)31-22-14-15-24(28)23(17-22)27(35)32-19-9-6-4-7-10-19/h8,11-12,14-17,19,29H,2-7,9-10,13,18H2,1H3,(H,30,33)(H,31,34)(H,32,35). The number of hydrogen-bond donors (Lipinski definition) is 4. The molecule has 8 heteroatoms. The normalized spacial score (nSPS) is 13.7. The van der Waals surface area contributed by atoms with E-state index in [0.29, 0.717) is 28.4 Å². The van der Waals surface area contributed by atoms with Crippen LogP contribution in [0.3, 0.4) is 0 Å². The average Bonchev–Trinajstić information content (AvgIpc) is 2.85. The zero-order valence-electron chi connectivity index (χ0n) is 20.3. The van der Waals surface area contributed by atoms with Crippen LogP contribution < -0.4 is 21.3 Å². The second-order valence-electron chi connectivity index (χ2n) is 8.99. The van der Waals surface area contributed by atoms with Crippen molar-refractivity contribution in [1.29, 1.82) is 0 Å². The summed E-state index contributed by atoms with van der Waals surface area (Å²) in [5, 5.41) is 12.2. The molecule has 1 saturated carbocycles. The van der Waals surface area contributed by atoms with E-state index in [0.717, 1.165) is 50.6 Å². The van der Waals surface area contributed by atoms with Gasteiger partial charge in [0.1, 0.15) is 0 Å². The summed E-state index contributed by atoms with van der Waals surface area (Å²) >= 11 is 6.26. The van der Waals surface area contributed by atoms with Crippen LogP contribution in [0.1, 0.15) is 75.1 Å². The molecule has 0 aromatic heterocycles. The first kappa shape index (κ1) is 26.5. The van der Waals surface area contributed by atoms with Crippen molar-refractivity contribution in [3.8, 4) is 0 Å². The van der Waals surface area contributed by atoms with E-state index in [1.54, 1.807) is 24.3 Å². The Labute approximate surface area is 212 Å². The molecule has 1 fully saturated rings. The summed E-state index contributed by atoms with van der Waals surface area (Å²) in [6, 6.07) is 12.3. The number of anilines is 3. The molecular weight excluding hydrogens is 464 g/mol. The maximum Gasteiger partial charge on any atom is 0.253 e. The third kappa shape index (κ3) is 8.91. The van der Waals surface area contributed by atoms with Gasteiger partial charge in [0.15, 0.2) is 0 Å². The van der Waals surface area contributed by atoms with Gasteiger partial charge < -0.3 is 21.3 Å². The highest BCUT2D eigenvalue weighted by atomic mass is 35.5. The van der Waals surface area contributed by atoms with Crippen LogP contribution in [0.4, 0.5) is 17.1 Å². The Morgan fingerprint density at radius 1 is 0.886 bits per heavy atom. The molecule has 3 rings (SSSR count). The fraction of sp³-hybridized carbons (Fsp3) is 0.444. The maximum absolute atomic E-state index is 12.7. The Balaban J connectivity index is 1.51. The summed E-state index contributed by atoms with van der Waals surface area (Å²) in [7, 11) is 0. The van der Waals surface area contributed by atoms with Crippen LogP contribution in [0.25, 0.3) is 0 Å². The molecule has 0 unspecified atom stereocenters. The molecular formula is C27H35ClN4O3. The van der Waals surface area contributed by atoms with Gasteiger partial charge in [-0.3, -0.25) is 14.4 Å². The third-order valence-electron chi connectivity index (χ3n) is 6.04. The number of halogens is 1. The minimum atomic E-state index is -0.264. The molecule has 4 N–H and O–H groups in total. The molecule has 0 aliphatic heterocycles. The van der Waals surface area contributed by atoms with Crippen molar-refractivity contribution in [3.05, 3.63) is 53.1 Å². The number of rotatable bonds is 11. The Hall–Kier alpha value is -3.06. The van der Waals surface area contributed by atoms with E-state index in [1.165, 1.54) is 6.42 Å². The number of unbranched alkanes of at least 4 members (excludes halogenated alkanes) is 2. The van der Waals surface area contributed by atoms with Gasteiger partial charge in [0, 0.05) is 29.5 Å². The van der Waals surface area contributed by atoms with E-state index in [2.05, 4.69) is 28.2 Å². The molecule has 3 amide bonds. The molecule has 0 bridgehead atoms. The van der Waals surface area contributed by atoms with E-state index >= 15 is 0 Å². The summed E-state index contributed by atoms with van der Waals surface area (Å²) in [5.41, 5.74) is 2.26. The van der Waals surface area contributed by atoms with E-state index in [1.807, 2.05) is 18.2 Å². The Bertz CT molecular complexity index is 1020. The number of amides is 3. The first-order valence-electron chi connectivity index (χ1n) is 12.5. The third-order valence-corrected chi connectivity index (χ3v) is 6.37. The van der Waals surface area contributed by atoms with Crippen LogP contribution in [0.15, 0.2) is 42.5 Å². The fourth-order valence-corrected chi connectivity index (χ4v) is 4.34. The van der Waals surface area contributed by atoms with Gasteiger partial charge in [0.05, 0.1) is 17.1 Å². The van der Waals surface area contributed by atoms with Gasteiger partial charge in [-0.25, -0.2) is 0 Å². The van der Waals surface area contributed by atoms with Crippen LogP contribution >= 0.6 is 11.6 Å². The van der Waals surface area contributed by atoms with Crippen LogP contribution in [-0.2, 0) is 9.59 Å². The molecule has 7 nitrogen and oxygen atoms in total. The van der Waals surface area contributed by atoms with E-state index in [-0.39, 0.29) is 30.3 Å². The van der Waals surface area contributed by atoms with Crippen molar-refractivity contribution in [2.24, 2.45) is 0 Å². The minimum absolute atomic E-state index is 0.0144. The van der Waals surface area contributed by atoms with Gasteiger partial charge in [-0.05, 0) is 55.7 Å². The molecule has 2 aromatic carbocycles. The fourth-order valence-electron chi connectivity index (χ4n) is 4.14. The first-order chi connectivity index (χ1) is 16.9. The maximum atomic E-state index is 12.7. The molecule has 188 valence electrons. The van der Waals surface area contributed by atoms with Crippen LogP contribution in [-0.4, -0.2) is 30.3 Å². The monoisotopic (exact) mass is 498 g/mol. The van der Waals surface area contributed by atoms with Crippen molar-refractivity contribution < 1.29 is 14.4 Å². The van der Waals surface area contributed by atoms with Crippen molar-refractivity contribution >= 4 is 46.4 Å². The highest BCUT2D eigenvalue weighted by Gasteiger charge is 2.19. The number of benzene rings is 2. The van der Waals surface area contributed by atoms with Gasteiger partial charge in [0.25, 0.3) is 5.91 Å². The molecule has 0 saturated heterocycles. The zero-order chi connectivity index (χ0) is 25.0. The molecule has 1 aliphatic rings. The second kappa shape index (κ2) is 13.7. The summed E-state index contributed by atoms with van der Waals surface area (Å²) in [4.78, 5) is 37.3. The number of hydrogen-bond acceptors (Lipinski definition) is 4. The van der Waals surface area contributed by atoms with E-state index < -0.39 is 0 Å². The number of carbonyl (C=O) groups is 3. The SMILES string of the molecule is CCCCCC(=O)Nc1cccc(NCC(=O)Nc2ccc(Cl)c(C(=O)NC3CCCCC3)c2)c1. The predicted molar refractivity (Wildman–Crippen MR) is 142 cm³/mol. The van der Waals surface area contributed by atoms with Gasteiger partial charge in [-0.2, -0.15) is 0 Å². The summed E-state index contributed by atoms with van der Waals surface area (Å²) in [5.74, 6) is -0.496. The van der Waals surface area contributed by atoms with Gasteiger partial charge in [-0.1, -0.05) is 56.7 Å². The van der Waals surface area contributed by atoms with Gasteiger partial charge in [0.2, 0.25) is 11.8 Å². The topological polar surface area (TPSA) is 99.3 Å². The lowest BCUT2D eigenvalue weighted by molar-refractivity contribution is -0.116. The summed E-state index contributed by atoms with van der Waals surface area (Å²) in [6.45, 7) is 2.13. The van der Waals surface area contributed by atoms with Gasteiger partial charge >= 0.3 is 0 Å².